The number of phenolic OH excluding ortho intramolecular Hbond substituents is 1. The molecule has 0 aromatic heterocycles. The van der Waals surface area contributed by atoms with Gasteiger partial charge in [-0.2, -0.15) is 0 Å². The zero-order chi connectivity index (χ0) is 18.8. The summed E-state index contributed by atoms with van der Waals surface area (Å²) >= 11 is 0. The van der Waals surface area contributed by atoms with Gasteiger partial charge in [0.05, 0.1) is 24.1 Å². The molecule has 0 saturated carbocycles. The minimum Gasteiger partial charge on any atom is -0.504 e. The number of nitro groups is 1. The first-order valence-corrected chi connectivity index (χ1v) is 6.79. The van der Waals surface area contributed by atoms with E-state index in [1.54, 1.807) is 0 Å². The van der Waals surface area contributed by atoms with E-state index in [-0.39, 0.29) is 29.4 Å². The van der Waals surface area contributed by atoms with E-state index in [0.29, 0.717) is 5.56 Å². The normalized spacial score (nSPS) is 12.0. The lowest BCUT2D eigenvalue weighted by atomic mass is 9.97. The maximum Gasteiger partial charge on any atom is 0.573 e. The van der Waals surface area contributed by atoms with Crippen molar-refractivity contribution in [2.75, 3.05) is 7.11 Å². The predicted molar refractivity (Wildman–Crippen MR) is 87.7 cm³/mol. The quantitative estimate of drug-likeness (QED) is 0.591. The maximum atomic E-state index is 12.2. The van der Waals surface area contributed by atoms with Gasteiger partial charge in [-0.3, -0.25) is 10.1 Å². The Morgan fingerprint density at radius 3 is 2.27 bits per heavy atom. The number of nitrogens with two attached hydrogens (primary N) is 1. The summed E-state index contributed by atoms with van der Waals surface area (Å²) in [6.45, 7) is 0. The van der Waals surface area contributed by atoms with Gasteiger partial charge in [-0.25, -0.2) is 0 Å². The minimum absolute atomic E-state index is 0. The Morgan fingerprint density at radius 2 is 1.81 bits per heavy atom. The number of non-ortho nitro benzene ring substituents is 1. The first-order chi connectivity index (χ1) is 11.6. The summed E-state index contributed by atoms with van der Waals surface area (Å²) in [7, 11) is 1.22. The van der Waals surface area contributed by atoms with Crippen LogP contribution in [0.5, 0.6) is 17.2 Å². The average Bonchev–Trinajstić information content (AvgIpc) is 2.53. The lowest BCUT2D eigenvalue weighted by molar-refractivity contribution is -0.385. The molecular weight excluding hydrogens is 381 g/mol. The molecule has 26 heavy (non-hydrogen) atoms. The lowest BCUT2D eigenvalue weighted by Crippen LogP contribution is -2.17. The first kappa shape index (κ1) is 21.3. The molecule has 2 aromatic rings. The molecule has 0 aliphatic carbocycles. The van der Waals surface area contributed by atoms with Gasteiger partial charge in [0.1, 0.15) is 5.75 Å². The van der Waals surface area contributed by atoms with Crippen LogP contribution in [-0.4, -0.2) is 23.5 Å². The van der Waals surface area contributed by atoms with Crippen molar-refractivity contribution in [3.8, 4) is 17.2 Å². The number of nitrogens with zero attached hydrogens (tertiary/aromatic N) is 1. The van der Waals surface area contributed by atoms with Gasteiger partial charge >= 0.3 is 6.36 Å². The second-order valence-corrected chi connectivity index (χ2v) is 4.94. The number of nitro benzene ring substituents is 1. The molecule has 0 fully saturated rings. The van der Waals surface area contributed by atoms with Crippen LogP contribution in [0.3, 0.4) is 0 Å². The summed E-state index contributed by atoms with van der Waals surface area (Å²) < 4.78 is 45.1. The minimum atomic E-state index is -4.82. The third kappa shape index (κ3) is 4.90. The van der Waals surface area contributed by atoms with Crippen LogP contribution in [0.15, 0.2) is 36.4 Å². The Balaban J connectivity index is 0.00000338. The van der Waals surface area contributed by atoms with Crippen molar-refractivity contribution in [2.45, 2.75) is 12.4 Å². The molecule has 142 valence electrons. The Labute approximate surface area is 151 Å². The van der Waals surface area contributed by atoms with Crippen LogP contribution in [0.2, 0.25) is 0 Å². The van der Waals surface area contributed by atoms with E-state index in [1.807, 2.05) is 0 Å². The Kier molecular flexibility index (Phi) is 6.65. The van der Waals surface area contributed by atoms with Gasteiger partial charge in [0, 0.05) is 11.6 Å². The van der Waals surface area contributed by atoms with Crippen LogP contribution in [0.1, 0.15) is 17.2 Å². The van der Waals surface area contributed by atoms with Crippen molar-refractivity contribution >= 4 is 18.1 Å². The number of ether oxygens (including phenoxy) is 2. The number of phenols is 1. The molecule has 0 radical (unpaired) electrons. The van der Waals surface area contributed by atoms with E-state index < -0.39 is 28.8 Å². The van der Waals surface area contributed by atoms with E-state index in [4.69, 9.17) is 10.5 Å². The summed E-state index contributed by atoms with van der Waals surface area (Å²) in [5, 5.41) is 21.1. The second-order valence-electron chi connectivity index (χ2n) is 4.94. The molecule has 0 unspecified atom stereocenters. The fourth-order valence-corrected chi connectivity index (χ4v) is 2.17. The van der Waals surface area contributed by atoms with Gasteiger partial charge in [0.25, 0.3) is 5.69 Å². The molecule has 0 heterocycles. The molecule has 3 N–H and O–H groups in total. The van der Waals surface area contributed by atoms with Crippen molar-refractivity contribution in [1.82, 2.24) is 0 Å². The summed E-state index contributed by atoms with van der Waals surface area (Å²) in [4.78, 5) is 10.3. The molecule has 2 rings (SSSR count). The van der Waals surface area contributed by atoms with Crippen LogP contribution < -0.4 is 15.2 Å². The van der Waals surface area contributed by atoms with Crippen LogP contribution in [-0.2, 0) is 0 Å². The lowest BCUT2D eigenvalue weighted by Gasteiger charge is -2.16. The summed E-state index contributed by atoms with van der Waals surface area (Å²) in [5.74, 6) is -0.975. The highest BCUT2D eigenvalue weighted by Crippen LogP contribution is 2.39. The summed E-state index contributed by atoms with van der Waals surface area (Å²) in [6, 6.07) is 5.69. The molecule has 0 spiro atoms. The van der Waals surface area contributed by atoms with Gasteiger partial charge in [0.2, 0.25) is 0 Å². The fraction of sp³-hybridized carbons (Fsp3) is 0.200. The molecule has 11 heteroatoms. The highest BCUT2D eigenvalue weighted by Gasteiger charge is 2.31. The zero-order valence-corrected chi connectivity index (χ0v) is 14.0. The highest BCUT2D eigenvalue weighted by molar-refractivity contribution is 5.85. The van der Waals surface area contributed by atoms with Crippen molar-refractivity contribution in [3.63, 3.8) is 0 Å². The van der Waals surface area contributed by atoms with Crippen LogP contribution >= 0.6 is 12.4 Å². The number of benzene rings is 2. The van der Waals surface area contributed by atoms with Gasteiger partial charge in [-0.1, -0.05) is 12.1 Å². The number of alkyl halides is 3. The van der Waals surface area contributed by atoms with Crippen molar-refractivity contribution in [2.24, 2.45) is 5.73 Å². The molecule has 2 aromatic carbocycles. The van der Waals surface area contributed by atoms with Crippen LogP contribution in [0, 0.1) is 10.1 Å². The van der Waals surface area contributed by atoms with Crippen LogP contribution in [0.4, 0.5) is 18.9 Å². The largest absolute Gasteiger partial charge is 0.573 e. The Bertz CT molecular complexity index is 784. The topological polar surface area (TPSA) is 108 Å². The van der Waals surface area contributed by atoms with Gasteiger partial charge < -0.3 is 20.3 Å². The maximum absolute atomic E-state index is 12.2. The predicted octanol–water partition coefficient (Wildman–Crippen LogP) is 3.68. The van der Waals surface area contributed by atoms with E-state index in [2.05, 4.69) is 4.74 Å². The monoisotopic (exact) mass is 394 g/mol. The van der Waals surface area contributed by atoms with Crippen molar-refractivity contribution in [1.29, 1.82) is 0 Å². The average molecular weight is 395 g/mol. The number of hydrogen-bond acceptors (Lipinski definition) is 6. The number of aromatic hydroxyl groups is 1. The summed E-state index contributed by atoms with van der Waals surface area (Å²) in [5.41, 5.74) is 5.94. The third-order valence-corrected chi connectivity index (χ3v) is 3.33. The first-order valence-electron chi connectivity index (χ1n) is 6.79. The van der Waals surface area contributed by atoms with Gasteiger partial charge in [-0.15, -0.1) is 25.6 Å². The molecule has 0 bridgehead atoms. The van der Waals surface area contributed by atoms with Gasteiger partial charge in [-0.05, 0) is 17.7 Å². The Morgan fingerprint density at radius 1 is 1.23 bits per heavy atom. The number of rotatable bonds is 5. The molecule has 7 nitrogen and oxygen atoms in total. The summed E-state index contributed by atoms with van der Waals surface area (Å²) in [6.07, 6.45) is -4.82. The number of methoxy groups -OCH3 is 1. The SMILES string of the molecule is COc1cc([N+](=O)[O-])cc([C@@H](N)c2ccc(OC(F)(F)F)cc2)c1O.Cl. The van der Waals surface area contributed by atoms with Crippen molar-refractivity contribution < 1.29 is 32.7 Å². The number of hydrogen-bond donors (Lipinski definition) is 2. The second kappa shape index (κ2) is 8.11. The van der Waals surface area contributed by atoms with E-state index in [1.165, 1.54) is 19.2 Å². The molecule has 0 saturated heterocycles. The third-order valence-electron chi connectivity index (χ3n) is 3.33. The molecule has 0 amide bonds. The highest BCUT2D eigenvalue weighted by atomic mass is 35.5. The van der Waals surface area contributed by atoms with Crippen molar-refractivity contribution in [3.05, 3.63) is 57.6 Å². The van der Waals surface area contributed by atoms with E-state index >= 15 is 0 Å². The smallest absolute Gasteiger partial charge is 0.504 e. The van der Waals surface area contributed by atoms with Gasteiger partial charge in [0.15, 0.2) is 11.5 Å². The fourth-order valence-electron chi connectivity index (χ4n) is 2.17. The van der Waals surface area contributed by atoms with E-state index in [0.717, 1.165) is 24.3 Å². The molecule has 1 atom stereocenters. The van der Waals surface area contributed by atoms with Crippen LogP contribution in [0.25, 0.3) is 0 Å². The molecule has 0 aliphatic heterocycles. The van der Waals surface area contributed by atoms with E-state index in [9.17, 15) is 28.4 Å². The zero-order valence-electron chi connectivity index (χ0n) is 13.2. The number of halogens is 4. The standard InChI is InChI=1S/C15H13F3N2O5.ClH/c1-24-12-7-9(20(22)23)6-11(14(12)21)13(19)8-2-4-10(5-3-8)25-15(16,17)18;/h2-7,13,21H,19H2,1H3;1H/t13-;/m0./s1. The molecule has 0 aliphatic rings. The Hall–Kier alpha value is -2.72. The molecular formula is C15H14ClF3N2O5.